The van der Waals surface area contributed by atoms with Crippen LogP contribution in [0.15, 0.2) is 48.8 Å². The highest BCUT2D eigenvalue weighted by Gasteiger charge is 2.36. The van der Waals surface area contributed by atoms with Crippen LogP contribution in [0.2, 0.25) is 5.02 Å². The number of aromatic nitrogens is 3. The van der Waals surface area contributed by atoms with E-state index in [2.05, 4.69) is 32.4 Å². The molecule has 0 aliphatic carbocycles. The molecule has 0 fully saturated rings. The standard InChI is InChI=1S/C28H29ClN4O3/c1-16-15-20-22(18-7-9-19(29)10-8-18)21(25(26(34)35)36-28(3,4)5)17(2)23-24(20)32(16)13-14-33(23)27-30-11-6-12-31-27/h6-12,15,25H,13-14H2,1-5H3,(H,34,35)/t25-/m0/s1. The molecule has 1 aliphatic heterocycles. The average Bonchev–Trinajstić information content (AvgIpc) is 3.17. The summed E-state index contributed by atoms with van der Waals surface area (Å²) in [6, 6.07) is 11.5. The Morgan fingerprint density at radius 3 is 2.39 bits per heavy atom. The Bertz CT molecular complexity index is 1460. The van der Waals surface area contributed by atoms with E-state index in [1.165, 1.54) is 0 Å². The Kier molecular flexibility index (Phi) is 6.01. The van der Waals surface area contributed by atoms with Crippen LogP contribution >= 0.6 is 11.6 Å². The van der Waals surface area contributed by atoms with Gasteiger partial charge < -0.3 is 19.3 Å². The minimum atomic E-state index is -1.18. The lowest BCUT2D eigenvalue weighted by molar-refractivity contribution is -0.160. The lowest BCUT2D eigenvalue weighted by Crippen LogP contribution is -2.32. The summed E-state index contributed by atoms with van der Waals surface area (Å²) in [5, 5.41) is 12.0. The summed E-state index contributed by atoms with van der Waals surface area (Å²) in [5.41, 5.74) is 5.57. The number of anilines is 2. The van der Waals surface area contributed by atoms with Crippen LogP contribution in [-0.4, -0.2) is 37.8 Å². The molecular weight excluding hydrogens is 476 g/mol. The maximum Gasteiger partial charge on any atom is 0.337 e. The summed E-state index contributed by atoms with van der Waals surface area (Å²) in [7, 11) is 0. The first-order chi connectivity index (χ1) is 17.1. The zero-order chi connectivity index (χ0) is 25.8. The van der Waals surface area contributed by atoms with Crippen molar-refractivity contribution < 1.29 is 14.6 Å². The molecular formula is C28H29ClN4O3. The Hall–Kier alpha value is -3.42. The summed E-state index contributed by atoms with van der Waals surface area (Å²) in [6.45, 7) is 11.1. The molecule has 1 aliphatic rings. The molecule has 0 saturated carbocycles. The molecule has 36 heavy (non-hydrogen) atoms. The summed E-state index contributed by atoms with van der Waals surface area (Å²) >= 11 is 6.22. The Morgan fingerprint density at radius 2 is 1.78 bits per heavy atom. The molecule has 1 N–H and O–H groups in total. The van der Waals surface area contributed by atoms with Crippen molar-refractivity contribution >= 4 is 40.1 Å². The fourth-order valence-corrected chi connectivity index (χ4v) is 5.29. The van der Waals surface area contributed by atoms with Crippen LogP contribution in [0.3, 0.4) is 0 Å². The molecule has 3 heterocycles. The molecule has 8 heteroatoms. The molecule has 0 amide bonds. The van der Waals surface area contributed by atoms with Gasteiger partial charge in [-0.25, -0.2) is 14.8 Å². The fraction of sp³-hybridized carbons (Fsp3) is 0.321. The van der Waals surface area contributed by atoms with Gasteiger partial charge in [0.15, 0.2) is 6.10 Å². The minimum Gasteiger partial charge on any atom is -0.479 e. The quantitative estimate of drug-likeness (QED) is 0.336. The van der Waals surface area contributed by atoms with Crippen molar-refractivity contribution in [3.05, 3.63) is 70.6 Å². The Balaban J connectivity index is 1.92. The van der Waals surface area contributed by atoms with Crippen molar-refractivity contribution in [2.24, 2.45) is 0 Å². The SMILES string of the molecule is Cc1c([C@H](OC(C)(C)C)C(=O)O)c(-c2ccc(Cl)cc2)c2cc(C)n3c2c1N(c1ncccn1)CC3. The van der Waals surface area contributed by atoms with Crippen LogP contribution in [0.5, 0.6) is 0 Å². The first-order valence-corrected chi connectivity index (χ1v) is 12.3. The molecule has 0 bridgehead atoms. The minimum absolute atomic E-state index is 0.584. The van der Waals surface area contributed by atoms with E-state index in [1.54, 1.807) is 18.5 Å². The van der Waals surface area contributed by atoms with Crippen LogP contribution in [0, 0.1) is 13.8 Å². The third kappa shape index (κ3) is 4.12. The highest BCUT2D eigenvalue weighted by atomic mass is 35.5. The van der Waals surface area contributed by atoms with Crippen molar-refractivity contribution in [3.63, 3.8) is 0 Å². The van der Waals surface area contributed by atoms with Gasteiger partial charge in [-0.2, -0.15) is 0 Å². The first kappa shape index (κ1) is 24.3. The van der Waals surface area contributed by atoms with Gasteiger partial charge in [0.05, 0.1) is 16.8 Å². The van der Waals surface area contributed by atoms with E-state index in [0.717, 1.165) is 45.5 Å². The molecule has 0 unspecified atom stereocenters. The Morgan fingerprint density at radius 1 is 1.11 bits per heavy atom. The molecule has 0 saturated heterocycles. The van der Waals surface area contributed by atoms with Crippen LogP contribution in [0.1, 0.15) is 43.7 Å². The third-order valence-electron chi connectivity index (χ3n) is 6.53. The number of rotatable bonds is 5. The second-order valence-corrected chi connectivity index (χ2v) is 10.6. The highest BCUT2D eigenvalue weighted by molar-refractivity contribution is 6.30. The van der Waals surface area contributed by atoms with Gasteiger partial charge in [0.2, 0.25) is 5.95 Å². The average molecular weight is 505 g/mol. The largest absolute Gasteiger partial charge is 0.479 e. The number of carbonyl (C=O) groups is 1. The normalized spacial score (nSPS) is 14.3. The smallest absolute Gasteiger partial charge is 0.337 e. The highest BCUT2D eigenvalue weighted by Crippen LogP contribution is 2.49. The van der Waals surface area contributed by atoms with E-state index in [1.807, 2.05) is 52.0 Å². The number of aryl methyl sites for hydroxylation is 1. The predicted octanol–water partition coefficient (Wildman–Crippen LogP) is 6.46. The second kappa shape index (κ2) is 8.91. The van der Waals surface area contributed by atoms with Crippen LogP contribution in [0.25, 0.3) is 22.0 Å². The number of hydrogen-bond donors (Lipinski definition) is 1. The lowest BCUT2D eigenvalue weighted by Gasteiger charge is -2.34. The summed E-state index contributed by atoms with van der Waals surface area (Å²) in [6.07, 6.45) is 2.26. The summed E-state index contributed by atoms with van der Waals surface area (Å²) < 4.78 is 8.51. The first-order valence-electron chi connectivity index (χ1n) is 11.9. The number of ether oxygens (including phenoxy) is 1. The predicted molar refractivity (Wildman–Crippen MR) is 142 cm³/mol. The van der Waals surface area contributed by atoms with Crippen molar-refractivity contribution in [3.8, 4) is 11.1 Å². The van der Waals surface area contributed by atoms with Gasteiger partial charge >= 0.3 is 5.97 Å². The van der Waals surface area contributed by atoms with Gasteiger partial charge in [-0.05, 0) is 75.6 Å². The molecule has 186 valence electrons. The van der Waals surface area contributed by atoms with E-state index in [4.69, 9.17) is 16.3 Å². The third-order valence-corrected chi connectivity index (χ3v) is 6.78. The van der Waals surface area contributed by atoms with Crippen molar-refractivity contribution in [1.29, 1.82) is 0 Å². The van der Waals surface area contributed by atoms with Crippen molar-refractivity contribution in [1.82, 2.24) is 14.5 Å². The topological polar surface area (TPSA) is 80.5 Å². The van der Waals surface area contributed by atoms with E-state index in [0.29, 0.717) is 23.1 Å². The molecule has 0 radical (unpaired) electrons. The maximum absolute atomic E-state index is 12.8. The van der Waals surface area contributed by atoms with Crippen molar-refractivity contribution in [2.45, 2.75) is 52.9 Å². The number of nitrogens with zero attached hydrogens (tertiary/aromatic N) is 4. The molecule has 4 aromatic rings. The van der Waals surface area contributed by atoms with E-state index < -0.39 is 17.7 Å². The number of benzene rings is 2. The lowest BCUT2D eigenvalue weighted by atomic mass is 9.87. The molecule has 2 aromatic heterocycles. The number of halogens is 1. The summed E-state index contributed by atoms with van der Waals surface area (Å²) in [5.74, 6) is -0.454. The number of carboxylic acid groups (broad SMARTS) is 1. The molecule has 1 atom stereocenters. The van der Waals surface area contributed by atoms with Crippen LogP contribution < -0.4 is 4.90 Å². The zero-order valence-corrected chi connectivity index (χ0v) is 21.8. The van der Waals surface area contributed by atoms with E-state index >= 15 is 0 Å². The van der Waals surface area contributed by atoms with Crippen LogP contribution in [-0.2, 0) is 16.1 Å². The fourth-order valence-electron chi connectivity index (χ4n) is 5.16. The maximum atomic E-state index is 12.8. The Labute approximate surface area is 215 Å². The second-order valence-electron chi connectivity index (χ2n) is 10.1. The van der Waals surface area contributed by atoms with Gasteiger partial charge in [0.25, 0.3) is 0 Å². The van der Waals surface area contributed by atoms with Gasteiger partial charge in [0, 0.05) is 47.1 Å². The number of hydrogen-bond acceptors (Lipinski definition) is 5. The van der Waals surface area contributed by atoms with Crippen molar-refractivity contribution in [2.75, 3.05) is 11.4 Å². The van der Waals surface area contributed by atoms with E-state index in [-0.39, 0.29) is 0 Å². The van der Waals surface area contributed by atoms with E-state index in [9.17, 15) is 9.90 Å². The monoisotopic (exact) mass is 504 g/mol. The van der Waals surface area contributed by atoms with Gasteiger partial charge in [-0.15, -0.1) is 0 Å². The summed E-state index contributed by atoms with van der Waals surface area (Å²) in [4.78, 5) is 23.9. The number of carboxylic acids is 1. The molecule has 7 nitrogen and oxygen atoms in total. The zero-order valence-electron chi connectivity index (χ0n) is 21.0. The molecule has 0 spiro atoms. The molecule has 5 rings (SSSR count). The van der Waals surface area contributed by atoms with Gasteiger partial charge in [-0.1, -0.05) is 23.7 Å². The van der Waals surface area contributed by atoms with Gasteiger partial charge in [0.1, 0.15) is 0 Å². The van der Waals surface area contributed by atoms with Gasteiger partial charge in [-0.3, -0.25) is 0 Å². The van der Waals surface area contributed by atoms with Crippen LogP contribution in [0.4, 0.5) is 11.6 Å². The number of aliphatic carboxylic acids is 1. The molecule has 2 aromatic carbocycles.